The minimum Gasteiger partial charge on any atom is -0.268 e. The number of imide groups is 1. The minimum absolute atomic E-state index is 0.323. The summed E-state index contributed by atoms with van der Waals surface area (Å²) in [4.78, 5) is 28.5. The number of hydrogen-bond donors (Lipinski definition) is 0. The zero-order valence-corrected chi connectivity index (χ0v) is 14.1. The van der Waals surface area contributed by atoms with Gasteiger partial charge in [0.05, 0.1) is 15.6 Å². The van der Waals surface area contributed by atoms with Gasteiger partial charge in [-0.15, -0.1) is 11.3 Å². The normalized spacial score (nSPS) is 16.8. The molecule has 1 fully saturated rings. The highest BCUT2D eigenvalue weighted by molar-refractivity contribution is 8.19. The van der Waals surface area contributed by atoms with E-state index in [0.717, 1.165) is 28.0 Å². The molecule has 6 heteroatoms. The van der Waals surface area contributed by atoms with Crippen molar-refractivity contribution in [2.24, 2.45) is 0 Å². The lowest BCUT2D eigenvalue weighted by atomic mass is 10.3. The molecule has 22 heavy (non-hydrogen) atoms. The summed E-state index contributed by atoms with van der Waals surface area (Å²) in [6.45, 7) is 2.08. The number of para-hydroxylation sites is 1. The Morgan fingerprint density at radius 3 is 2.64 bits per heavy atom. The average molecular weight is 350 g/mol. The Morgan fingerprint density at radius 2 is 1.95 bits per heavy atom. The van der Waals surface area contributed by atoms with Crippen LogP contribution in [0.15, 0.2) is 41.3 Å². The van der Waals surface area contributed by atoms with Crippen LogP contribution in [-0.2, 0) is 11.2 Å². The molecule has 0 spiro atoms. The minimum atomic E-state index is -0.324. The molecule has 0 radical (unpaired) electrons. The summed E-state index contributed by atoms with van der Waals surface area (Å²) in [5.41, 5.74) is 0.426. The van der Waals surface area contributed by atoms with Crippen molar-refractivity contribution in [1.82, 2.24) is 0 Å². The molecule has 2 amide bonds. The van der Waals surface area contributed by atoms with E-state index >= 15 is 0 Å². The highest BCUT2D eigenvalue weighted by Crippen LogP contribution is 2.38. The Labute approximate surface area is 141 Å². The third-order valence-electron chi connectivity index (χ3n) is 3.19. The second-order valence-corrected chi connectivity index (χ2v) is 7.23. The maximum Gasteiger partial charge on any atom is 0.298 e. The first kappa shape index (κ1) is 15.3. The van der Waals surface area contributed by atoms with Gasteiger partial charge in [0, 0.05) is 9.75 Å². The van der Waals surface area contributed by atoms with E-state index in [1.165, 1.54) is 4.88 Å². The number of amides is 2. The maximum absolute atomic E-state index is 12.5. The molecule has 0 bridgehead atoms. The second-order valence-electron chi connectivity index (χ2n) is 4.63. The molecule has 112 valence electrons. The van der Waals surface area contributed by atoms with Gasteiger partial charge in [-0.2, -0.15) is 0 Å². The van der Waals surface area contributed by atoms with Crippen LogP contribution in [0.1, 0.15) is 16.7 Å². The Bertz CT molecular complexity index is 782. The molecule has 2 heterocycles. The summed E-state index contributed by atoms with van der Waals surface area (Å²) in [6, 6.07) is 10.8. The number of carbonyl (C=O) groups is 2. The summed E-state index contributed by atoms with van der Waals surface area (Å²) < 4.78 is 0. The number of aryl methyl sites for hydroxylation is 1. The van der Waals surface area contributed by atoms with E-state index in [0.29, 0.717) is 15.6 Å². The van der Waals surface area contributed by atoms with Gasteiger partial charge < -0.3 is 0 Å². The molecule has 0 atom stereocenters. The first-order valence-corrected chi connectivity index (χ1v) is 8.72. The van der Waals surface area contributed by atoms with Crippen LogP contribution in [0.4, 0.5) is 10.5 Å². The quantitative estimate of drug-likeness (QED) is 0.714. The lowest BCUT2D eigenvalue weighted by molar-refractivity contribution is -0.113. The van der Waals surface area contributed by atoms with E-state index in [1.807, 2.05) is 12.1 Å². The fourth-order valence-electron chi connectivity index (χ4n) is 2.10. The summed E-state index contributed by atoms with van der Waals surface area (Å²) >= 11 is 8.66. The molecule has 1 aromatic carbocycles. The van der Waals surface area contributed by atoms with Crippen molar-refractivity contribution >= 4 is 57.6 Å². The SMILES string of the molecule is CCc1ccc(/C=C2\SC(=O)N(c3ccccc3Cl)C2=O)s1. The lowest BCUT2D eigenvalue weighted by Crippen LogP contribution is -2.27. The van der Waals surface area contributed by atoms with E-state index in [-0.39, 0.29) is 11.1 Å². The Morgan fingerprint density at radius 1 is 1.18 bits per heavy atom. The predicted octanol–water partition coefficient (Wildman–Crippen LogP) is 5.20. The van der Waals surface area contributed by atoms with Crippen LogP contribution < -0.4 is 4.90 Å². The first-order valence-electron chi connectivity index (χ1n) is 6.71. The van der Waals surface area contributed by atoms with Crippen molar-refractivity contribution in [2.75, 3.05) is 4.90 Å². The van der Waals surface area contributed by atoms with Crippen molar-refractivity contribution in [3.63, 3.8) is 0 Å². The molecule has 3 rings (SSSR count). The molecule has 2 aromatic rings. The van der Waals surface area contributed by atoms with Crippen LogP contribution in [-0.4, -0.2) is 11.1 Å². The fraction of sp³-hybridized carbons (Fsp3) is 0.125. The number of benzene rings is 1. The summed E-state index contributed by atoms with van der Waals surface area (Å²) in [5, 5.41) is 0.0621. The molecular weight excluding hydrogens is 338 g/mol. The standard InChI is InChI=1S/C16H12ClNO2S2/c1-2-10-7-8-11(21-10)9-14-15(19)18(16(20)22-14)13-6-4-3-5-12(13)17/h3-9H,2H2,1H3/b14-9-. The van der Waals surface area contributed by atoms with Gasteiger partial charge in [-0.25, -0.2) is 4.90 Å². The topological polar surface area (TPSA) is 37.4 Å². The number of thiophene rings is 1. The fourth-order valence-corrected chi connectivity index (χ4v) is 4.12. The summed E-state index contributed by atoms with van der Waals surface area (Å²) in [5.74, 6) is -0.324. The van der Waals surface area contributed by atoms with Gasteiger partial charge in [0.25, 0.3) is 11.1 Å². The van der Waals surface area contributed by atoms with Gasteiger partial charge in [0.2, 0.25) is 0 Å². The van der Waals surface area contributed by atoms with E-state index < -0.39 is 0 Å². The van der Waals surface area contributed by atoms with Gasteiger partial charge in [-0.05, 0) is 48.5 Å². The zero-order valence-electron chi connectivity index (χ0n) is 11.7. The molecule has 1 aliphatic rings. The smallest absolute Gasteiger partial charge is 0.268 e. The van der Waals surface area contributed by atoms with Crippen LogP contribution in [0.25, 0.3) is 6.08 Å². The van der Waals surface area contributed by atoms with E-state index in [2.05, 4.69) is 6.92 Å². The molecule has 1 aromatic heterocycles. The van der Waals surface area contributed by atoms with Crippen LogP contribution in [0.3, 0.4) is 0 Å². The predicted molar refractivity (Wildman–Crippen MR) is 93.6 cm³/mol. The zero-order chi connectivity index (χ0) is 15.7. The molecule has 1 saturated heterocycles. The third-order valence-corrected chi connectivity index (χ3v) is 5.56. The number of anilines is 1. The molecule has 3 nitrogen and oxygen atoms in total. The van der Waals surface area contributed by atoms with Crippen molar-refractivity contribution in [2.45, 2.75) is 13.3 Å². The van der Waals surface area contributed by atoms with E-state index in [4.69, 9.17) is 11.6 Å². The monoisotopic (exact) mass is 349 g/mol. The number of nitrogens with zero attached hydrogens (tertiary/aromatic N) is 1. The number of thioether (sulfide) groups is 1. The summed E-state index contributed by atoms with van der Waals surface area (Å²) in [6.07, 6.45) is 2.73. The van der Waals surface area contributed by atoms with Crippen molar-refractivity contribution in [1.29, 1.82) is 0 Å². The molecule has 0 aliphatic carbocycles. The van der Waals surface area contributed by atoms with Crippen LogP contribution >= 0.6 is 34.7 Å². The first-order chi connectivity index (χ1) is 10.6. The Kier molecular flexibility index (Phi) is 4.38. The lowest BCUT2D eigenvalue weighted by Gasteiger charge is -2.13. The van der Waals surface area contributed by atoms with E-state index in [9.17, 15) is 9.59 Å². The second kappa shape index (κ2) is 6.28. The highest BCUT2D eigenvalue weighted by atomic mass is 35.5. The van der Waals surface area contributed by atoms with Gasteiger partial charge in [-0.1, -0.05) is 30.7 Å². The van der Waals surface area contributed by atoms with Crippen molar-refractivity contribution in [3.8, 4) is 0 Å². The van der Waals surface area contributed by atoms with Gasteiger partial charge in [-0.3, -0.25) is 9.59 Å². The largest absolute Gasteiger partial charge is 0.298 e. The molecular formula is C16H12ClNO2S2. The van der Waals surface area contributed by atoms with Gasteiger partial charge >= 0.3 is 0 Å². The van der Waals surface area contributed by atoms with Gasteiger partial charge in [0.15, 0.2) is 0 Å². The Balaban J connectivity index is 1.93. The number of rotatable bonds is 3. The average Bonchev–Trinajstić information content (AvgIpc) is 3.06. The van der Waals surface area contributed by atoms with E-state index in [1.54, 1.807) is 41.7 Å². The summed E-state index contributed by atoms with van der Waals surface area (Å²) in [7, 11) is 0. The van der Waals surface area contributed by atoms with Crippen LogP contribution in [0, 0.1) is 0 Å². The highest BCUT2D eigenvalue weighted by Gasteiger charge is 2.37. The molecule has 0 saturated carbocycles. The number of carbonyl (C=O) groups excluding carboxylic acids is 2. The maximum atomic E-state index is 12.5. The van der Waals surface area contributed by atoms with Crippen molar-refractivity contribution < 1.29 is 9.59 Å². The molecule has 0 unspecified atom stereocenters. The molecule has 1 aliphatic heterocycles. The van der Waals surface area contributed by atoms with Gasteiger partial charge in [0.1, 0.15) is 0 Å². The number of hydrogen-bond acceptors (Lipinski definition) is 4. The number of halogens is 1. The van der Waals surface area contributed by atoms with Crippen LogP contribution in [0.5, 0.6) is 0 Å². The van der Waals surface area contributed by atoms with Crippen molar-refractivity contribution in [3.05, 3.63) is 56.1 Å². The molecule has 0 N–H and O–H groups in total. The third kappa shape index (κ3) is 2.84. The Hall–Kier alpha value is -1.56. The van der Waals surface area contributed by atoms with Crippen LogP contribution in [0.2, 0.25) is 5.02 Å².